The predicted molar refractivity (Wildman–Crippen MR) is 64.4 cm³/mol. The van der Waals surface area contributed by atoms with Crippen LogP contribution in [0.25, 0.3) is 0 Å². The van der Waals surface area contributed by atoms with Gasteiger partial charge in [0.1, 0.15) is 5.82 Å². The van der Waals surface area contributed by atoms with Crippen LogP contribution < -0.4 is 5.32 Å². The van der Waals surface area contributed by atoms with E-state index in [9.17, 15) is 13.6 Å². The van der Waals surface area contributed by atoms with Crippen LogP contribution in [0, 0.1) is 5.92 Å². The van der Waals surface area contributed by atoms with Gasteiger partial charge >= 0.3 is 5.97 Å². The maximum atomic E-state index is 13.2. The molecule has 2 N–H and O–H groups in total. The topological polar surface area (TPSA) is 75.1 Å². The zero-order valence-corrected chi connectivity index (χ0v) is 10.3. The van der Waals surface area contributed by atoms with Crippen molar-refractivity contribution in [1.29, 1.82) is 0 Å². The summed E-state index contributed by atoms with van der Waals surface area (Å²) in [6, 6.07) is 0. The van der Waals surface area contributed by atoms with Crippen LogP contribution in [0.15, 0.2) is 12.4 Å². The molecule has 1 aromatic rings. The van der Waals surface area contributed by atoms with Crippen molar-refractivity contribution in [2.75, 3.05) is 11.9 Å². The lowest BCUT2D eigenvalue weighted by molar-refractivity contribution is -0.0502. The summed E-state index contributed by atoms with van der Waals surface area (Å²) < 4.78 is 26.4. The second kappa shape index (κ2) is 5.46. The van der Waals surface area contributed by atoms with E-state index in [1.165, 1.54) is 6.20 Å². The molecule has 0 spiro atoms. The summed E-state index contributed by atoms with van der Waals surface area (Å²) in [6.07, 6.45) is 3.59. The number of rotatable bonds is 4. The van der Waals surface area contributed by atoms with Crippen molar-refractivity contribution in [2.45, 2.75) is 31.6 Å². The van der Waals surface area contributed by atoms with E-state index in [1.54, 1.807) is 0 Å². The molecule has 7 heteroatoms. The number of carboxylic acid groups (broad SMARTS) is 1. The lowest BCUT2D eigenvalue weighted by Gasteiger charge is -2.28. The number of halogens is 2. The van der Waals surface area contributed by atoms with Crippen LogP contribution in [0.2, 0.25) is 0 Å². The first-order chi connectivity index (χ1) is 8.96. The average molecular weight is 271 g/mol. The molecule has 1 saturated carbocycles. The molecule has 1 aromatic heterocycles. The number of aromatic carboxylic acids is 1. The Labute approximate surface area is 109 Å². The van der Waals surface area contributed by atoms with E-state index < -0.39 is 11.9 Å². The summed E-state index contributed by atoms with van der Waals surface area (Å²) in [5.41, 5.74) is -0.144. The van der Waals surface area contributed by atoms with Crippen molar-refractivity contribution >= 4 is 11.8 Å². The summed E-state index contributed by atoms with van der Waals surface area (Å²) >= 11 is 0. The molecule has 2 rings (SSSR count). The average Bonchev–Trinajstić information content (AvgIpc) is 2.36. The second-order valence-electron chi connectivity index (χ2n) is 4.79. The molecule has 0 bridgehead atoms. The molecule has 0 aliphatic heterocycles. The van der Waals surface area contributed by atoms with Crippen LogP contribution in [0.4, 0.5) is 14.6 Å². The van der Waals surface area contributed by atoms with Crippen molar-refractivity contribution in [3.63, 3.8) is 0 Å². The number of anilines is 1. The number of aromatic nitrogens is 2. The first-order valence-electron chi connectivity index (χ1n) is 6.13. The van der Waals surface area contributed by atoms with Crippen LogP contribution in [0.3, 0.4) is 0 Å². The summed E-state index contributed by atoms with van der Waals surface area (Å²) in [7, 11) is 0. The van der Waals surface area contributed by atoms with Gasteiger partial charge in [0, 0.05) is 19.4 Å². The molecular formula is C12H15F2N3O2. The van der Waals surface area contributed by atoms with Gasteiger partial charge in [0.15, 0.2) is 5.69 Å². The Morgan fingerprint density at radius 2 is 2.26 bits per heavy atom. The molecular weight excluding hydrogens is 256 g/mol. The third-order valence-electron chi connectivity index (χ3n) is 3.19. The highest BCUT2D eigenvalue weighted by Gasteiger charge is 2.35. The maximum absolute atomic E-state index is 13.2. The fourth-order valence-electron chi connectivity index (χ4n) is 2.23. The van der Waals surface area contributed by atoms with Gasteiger partial charge in [-0.25, -0.2) is 23.5 Å². The lowest BCUT2D eigenvalue weighted by atomic mass is 9.86. The SMILES string of the molecule is O=C(O)c1cnc(NCC2CCCC(F)(F)C2)cn1. The number of nitrogens with zero attached hydrogens (tertiary/aromatic N) is 2. The largest absolute Gasteiger partial charge is 0.476 e. The van der Waals surface area contributed by atoms with E-state index in [0.717, 1.165) is 12.6 Å². The second-order valence-corrected chi connectivity index (χ2v) is 4.79. The molecule has 0 amide bonds. The number of alkyl halides is 2. The first-order valence-corrected chi connectivity index (χ1v) is 6.13. The number of carboxylic acids is 1. The summed E-state index contributed by atoms with van der Waals surface area (Å²) in [4.78, 5) is 18.2. The third kappa shape index (κ3) is 3.84. The molecule has 19 heavy (non-hydrogen) atoms. The molecule has 0 radical (unpaired) electrons. The molecule has 1 unspecified atom stereocenters. The summed E-state index contributed by atoms with van der Waals surface area (Å²) in [5, 5.41) is 11.6. The van der Waals surface area contributed by atoms with Gasteiger partial charge in [-0.2, -0.15) is 0 Å². The Morgan fingerprint density at radius 1 is 1.47 bits per heavy atom. The maximum Gasteiger partial charge on any atom is 0.356 e. The molecule has 1 heterocycles. The van der Waals surface area contributed by atoms with Crippen molar-refractivity contribution in [3.05, 3.63) is 18.1 Å². The summed E-state index contributed by atoms with van der Waals surface area (Å²) in [5.74, 6) is -3.40. The van der Waals surface area contributed by atoms with Gasteiger partial charge in [-0.1, -0.05) is 0 Å². The minimum Gasteiger partial charge on any atom is -0.476 e. The van der Waals surface area contributed by atoms with Crippen LogP contribution in [-0.4, -0.2) is 33.5 Å². The van der Waals surface area contributed by atoms with Crippen molar-refractivity contribution < 1.29 is 18.7 Å². The van der Waals surface area contributed by atoms with Gasteiger partial charge in [0.05, 0.1) is 12.4 Å². The van der Waals surface area contributed by atoms with Gasteiger partial charge in [0.2, 0.25) is 5.92 Å². The Bertz CT molecular complexity index is 451. The van der Waals surface area contributed by atoms with Crippen LogP contribution in [0.1, 0.15) is 36.2 Å². The van der Waals surface area contributed by atoms with Crippen molar-refractivity contribution in [3.8, 4) is 0 Å². The predicted octanol–water partition coefficient (Wildman–Crippen LogP) is 2.41. The molecule has 1 aliphatic carbocycles. The van der Waals surface area contributed by atoms with Crippen molar-refractivity contribution in [2.24, 2.45) is 5.92 Å². The van der Waals surface area contributed by atoms with Crippen molar-refractivity contribution in [1.82, 2.24) is 9.97 Å². The zero-order valence-electron chi connectivity index (χ0n) is 10.3. The molecule has 5 nitrogen and oxygen atoms in total. The molecule has 1 fully saturated rings. The molecule has 0 aromatic carbocycles. The smallest absolute Gasteiger partial charge is 0.356 e. The number of hydrogen-bond acceptors (Lipinski definition) is 4. The number of nitrogens with one attached hydrogen (secondary N) is 1. The highest BCUT2D eigenvalue weighted by molar-refractivity contribution is 5.84. The molecule has 104 valence electrons. The van der Waals surface area contributed by atoms with Gasteiger partial charge in [0.25, 0.3) is 0 Å². The van der Waals surface area contributed by atoms with Gasteiger partial charge < -0.3 is 10.4 Å². The van der Waals surface area contributed by atoms with E-state index in [0.29, 0.717) is 18.8 Å². The molecule has 1 atom stereocenters. The highest BCUT2D eigenvalue weighted by atomic mass is 19.3. The minimum atomic E-state index is -2.57. The Balaban J connectivity index is 1.86. The first kappa shape index (κ1) is 13.6. The van der Waals surface area contributed by atoms with Crippen LogP contribution in [-0.2, 0) is 0 Å². The number of hydrogen-bond donors (Lipinski definition) is 2. The quantitative estimate of drug-likeness (QED) is 0.879. The monoisotopic (exact) mass is 271 g/mol. The fraction of sp³-hybridized carbons (Fsp3) is 0.583. The van der Waals surface area contributed by atoms with E-state index in [1.807, 2.05) is 0 Å². The zero-order chi connectivity index (χ0) is 13.9. The standard InChI is InChI=1S/C12H15F2N3O2/c13-12(14)3-1-2-8(4-12)5-16-10-7-15-9(6-17-10)11(18)19/h6-8H,1-5H2,(H,16,17)(H,18,19). The van der Waals surface area contributed by atoms with E-state index >= 15 is 0 Å². The molecule has 1 aliphatic rings. The highest BCUT2D eigenvalue weighted by Crippen LogP contribution is 2.36. The number of carbonyl (C=O) groups is 1. The van der Waals surface area contributed by atoms with Crippen LogP contribution in [0.5, 0.6) is 0 Å². The van der Waals surface area contributed by atoms with E-state index in [2.05, 4.69) is 15.3 Å². The summed E-state index contributed by atoms with van der Waals surface area (Å²) in [6.45, 7) is 0.399. The van der Waals surface area contributed by atoms with E-state index in [4.69, 9.17) is 5.11 Å². The van der Waals surface area contributed by atoms with Gasteiger partial charge in [-0.3, -0.25) is 0 Å². The Kier molecular flexibility index (Phi) is 3.92. The fourth-order valence-corrected chi connectivity index (χ4v) is 2.23. The third-order valence-corrected chi connectivity index (χ3v) is 3.19. The van der Waals surface area contributed by atoms with E-state index in [-0.39, 0.29) is 24.5 Å². The van der Waals surface area contributed by atoms with Gasteiger partial charge in [-0.05, 0) is 18.8 Å². The molecule has 0 saturated heterocycles. The normalized spacial score (nSPS) is 21.9. The van der Waals surface area contributed by atoms with Crippen LogP contribution >= 0.6 is 0 Å². The Hall–Kier alpha value is -1.79. The van der Waals surface area contributed by atoms with Gasteiger partial charge in [-0.15, -0.1) is 0 Å². The minimum absolute atomic E-state index is 0.0311. The lowest BCUT2D eigenvalue weighted by Crippen LogP contribution is -2.30. The Morgan fingerprint density at radius 3 is 2.84 bits per heavy atom.